The Morgan fingerprint density at radius 3 is 2.06 bits per heavy atom. The van der Waals surface area contributed by atoms with Gasteiger partial charge < -0.3 is 19.2 Å². The maximum atomic E-state index is 14.1. The Morgan fingerprint density at radius 2 is 1.48 bits per heavy atom. The number of aliphatic hydroxyl groups excluding tert-OH is 1. The molecule has 0 aliphatic carbocycles. The van der Waals surface area contributed by atoms with Crippen molar-refractivity contribution in [2.24, 2.45) is 5.41 Å². The number of quaternary nitrogens is 1. The first-order valence-corrected chi connectivity index (χ1v) is 19.8. The predicted octanol–water partition coefficient (Wildman–Crippen LogP) is 6.62. The van der Waals surface area contributed by atoms with E-state index in [-0.39, 0.29) is 5.75 Å². The molecule has 0 aromatic heterocycles. The molecule has 1 unspecified atom stereocenters. The number of fused-ring (bicyclic) bond motifs is 4. The first kappa shape index (κ1) is 34.9. The van der Waals surface area contributed by atoms with Gasteiger partial charge in [-0.3, -0.25) is 4.90 Å². The summed E-state index contributed by atoms with van der Waals surface area (Å²) < 4.78 is 35.7. The number of unbranched alkanes of at least 4 members (excludes halogenated alkanes) is 2. The van der Waals surface area contributed by atoms with Crippen LogP contribution in [-0.4, -0.2) is 88.1 Å². The highest BCUT2D eigenvalue weighted by Gasteiger charge is 2.49. The quantitative estimate of drug-likeness (QED) is 0.206. The molecule has 1 N–H and O–H groups in total. The summed E-state index contributed by atoms with van der Waals surface area (Å²) in [5.41, 5.74) is 4.34. The largest absolute Gasteiger partial charge is 0.489 e. The standard InChI is InChI=1S/C40H56N3O4S/c1-5-7-19-40(20-8-6-2)30-48(45,46)37-18-15-34(41(3)4)27-36(37)38(39(40)44)33-13-16-35(17-14-33)47-29-32-11-9-31(10-12-32)28-43-24-21-42(22-25-43)23-26-43/h9-18,27,38-39,44H,5-8,19-26,28-30H2,1-4H3/q+1/t38?,39-/m1/s1. The fraction of sp³-hybridized carbons (Fsp3) is 0.550. The van der Waals surface area contributed by atoms with Gasteiger partial charge >= 0.3 is 0 Å². The van der Waals surface area contributed by atoms with Crippen LogP contribution in [-0.2, 0) is 23.0 Å². The number of anilines is 1. The predicted molar refractivity (Wildman–Crippen MR) is 194 cm³/mol. The summed E-state index contributed by atoms with van der Waals surface area (Å²) in [7, 11) is 0.290. The third kappa shape index (κ3) is 7.32. The minimum atomic E-state index is -3.63. The lowest BCUT2D eigenvalue weighted by Gasteiger charge is -2.50. The van der Waals surface area contributed by atoms with Crippen molar-refractivity contribution >= 4 is 15.5 Å². The van der Waals surface area contributed by atoms with Crippen molar-refractivity contribution in [1.29, 1.82) is 0 Å². The minimum Gasteiger partial charge on any atom is -0.489 e. The molecule has 4 aliphatic rings. The smallest absolute Gasteiger partial charge is 0.179 e. The number of piperazine rings is 3. The normalized spacial score (nSPS) is 25.6. The van der Waals surface area contributed by atoms with E-state index < -0.39 is 27.3 Å². The maximum Gasteiger partial charge on any atom is 0.179 e. The van der Waals surface area contributed by atoms with Crippen molar-refractivity contribution < 1.29 is 22.7 Å². The van der Waals surface area contributed by atoms with Crippen molar-refractivity contribution in [3.8, 4) is 5.75 Å². The van der Waals surface area contributed by atoms with Crippen LogP contribution in [0.2, 0.25) is 0 Å². The Bertz CT molecular complexity index is 1610. The number of nitrogens with zero attached hydrogens (tertiary/aromatic N) is 3. The van der Waals surface area contributed by atoms with Gasteiger partial charge in [0.05, 0.1) is 36.4 Å². The fourth-order valence-electron chi connectivity index (χ4n) is 8.43. The molecular weight excluding hydrogens is 619 g/mol. The van der Waals surface area contributed by atoms with Crippen LogP contribution in [0.3, 0.4) is 0 Å². The van der Waals surface area contributed by atoms with E-state index in [9.17, 15) is 13.5 Å². The molecule has 0 spiro atoms. The molecule has 8 heteroatoms. The molecule has 4 aliphatic heterocycles. The lowest BCUT2D eigenvalue weighted by molar-refractivity contribution is -0.953. The summed E-state index contributed by atoms with van der Waals surface area (Å²) >= 11 is 0. The van der Waals surface area contributed by atoms with Gasteiger partial charge in [-0.1, -0.05) is 75.9 Å². The zero-order valence-electron chi connectivity index (χ0n) is 29.5. The molecule has 0 radical (unpaired) electrons. The van der Waals surface area contributed by atoms with E-state index in [1.54, 1.807) is 6.07 Å². The molecule has 0 saturated carbocycles. The molecule has 3 aromatic carbocycles. The molecule has 2 atom stereocenters. The first-order chi connectivity index (χ1) is 23.1. The summed E-state index contributed by atoms with van der Waals surface area (Å²) in [4.78, 5) is 4.93. The summed E-state index contributed by atoms with van der Waals surface area (Å²) in [5, 5.41) is 12.4. The third-order valence-corrected chi connectivity index (χ3v) is 13.5. The van der Waals surface area contributed by atoms with Gasteiger partial charge in [0.15, 0.2) is 9.84 Å². The molecule has 3 fully saturated rings. The van der Waals surface area contributed by atoms with Gasteiger partial charge in [0.1, 0.15) is 18.9 Å². The molecule has 2 bridgehead atoms. The molecule has 7 nitrogen and oxygen atoms in total. The number of rotatable bonds is 13. The minimum absolute atomic E-state index is 0.0232. The van der Waals surface area contributed by atoms with Crippen molar-refractivity contribution in [2.45, 2.75) is 82.4 Å². The Labute approximate surface area is 289 Å². The number of benzene rings is 3. The number of ether oxygens (including phenoxy) is 1. The maximum absolute atomic E-state index is 14.1. The van der Waals surface area contributed by atoms with Crippen molar-refractivity contribution in [3.05, 3.63) is 89.0 Å². The van der Waals surface area contributed by atoms with E-state index in [0.717, 1.165) is 54.8 Å². The topological polar surface area (TPSA) is 70.1 Å². The van der Waals surface area contributed by atoms with Crippen molar-refractivity contribution in [3.63, 3.8) is 0 Å². The Kier molecular flexibility index (Phi) is 10.6. The fourth-order valence-corrected chi connectivity index (χ4v) is 10.6. The molecule has 3 saturated heterocycles. The summed E-state index contributed by atoms with van der Waals surface area (Å²) in [5.74, 6) is 0.264. The van der Waals surface area contributed by atoms with Crippen LogP contribution in [0.15, 0.2) is 71.6 Å². The molecule has 3 aromatic rings. The Balaban J connectivity index is 1.24. The number of hydrogen-bond donors (Lipinski definition) is 1. The highest BCUT2D eigenvalue weighted by atomic mass is 32.2. The third-order valence-electron chi connectivity index (χ3n) is 11.5. The second-order valence-electron chi connectivity index (χ2n) is 15.1. The van der Waals surface area contributed by atoms with Crippen LogP contribution in [0.5, 0.6) is 5.75 Å². The number of sulfone groups is 1. The van der Waals surface area contributed by atoms with Crippen molar-refractivity contribution in [1.82, 2.24) is 4.90 Å². The molecular formula is C40H56N3O4S+. The van der Waals surface area contributed by atoms with E-state index in [1.807, 2.05) is 55.4 Å². The van der Waals surface area contributed by atoms with Crippen LogP contribution in [0.1, 0.15) is 80.5 Å². The van der Waals surface area contributed by atoms with Gasteiger partial charge in [-0.2, -0.15) is 0 Å². The Hall–Kier alpha value is -2.91. The summed E-state index contributed by atoms with van der Waals surface area (Å²) in [6, 6.07) is 22.5. The summed E-state index contributed by atoms with van der Waals surface area (Å²) in [6.45, 7) is 13.3. The average molecular weight is 675 g/mol. The van der Waals surface area contributed by atoms with Crippen LogP contribution in [0.4, 0.5) is 5.69 Å². The van der Waals surface area contributed by atoms with E-state index >= 15 is 0 Å². The monoisotopic (exact) mass is 674 g/mol. The highest BCUT2D eigenvalue weighted by Crippen LogP contribution is 2.50. The number of hydrogen-bond acceptors (Lipinski definition) is 6. The molecule has 7 rings (SSSR count). The van der Waals surface area contributed by atoms with Crippen molar-refractivity contribution in [2.75, 3.05) is 64.0 Å². The molecule has 0 amide bonds. The SMILES string of the molecule is CCCCC1(CCCC)CS(=O)(=O)c2ccc(N(C)C)cc2C(c2ccc(OCc3ccc(C[N+]45CCN(CC4)CC5)cc3)cc2)[C@H]1O. The molecule has 48 heavy (non-hydrogen) atoms. The van der Waals surface area contributed by atoms with Gasteiger partial charge in [-0.15, -0.1) is 0 Å². The van der Waals surface area contributed by atoms with Gasteiger partial charge in [-0.25, -0.2) is 8.42 Å². The lowest BCUT2D eigenvalue weighted by atomic mass is 9.68. The molecule has 4 heterocycles. The van der Waals surface area contributed by atoms with E-state index in [2.05, 4.69) is 43.0 Å². The van der Waals surface area contributed by atoms with Crippen LogP contribution in [0.25, 0.3) is 0 Å². The van der Waals surface area contributed by atoms with Crippen LogP contribution >= 0.6 is 0 Å². The number of aliphatic hydroxyl groups is 1. The van der Waals surface area contributed by atoms with Gasteiger partial charge in [0, 0.05) is 56.3 Å². The Morgan fingerprint density at radius 1 is 0.875 bits per heavy atom. The zero-order chi connectivity index (χ0) is 33.9. The van der Waals surface area contributed by atoms with Gasteiger partial charge in [0.2, 0.25) is 0 Å². The van der Waals surface area contributed by atoms with Gasteiger partial charge in [0.25, 0.3) is 0 Å². The highest BCUT2D eigenvalue weighted by molar-refractivity contribution is 7.91. The van der Waals surface area contributed by atoms with E-state index in [0.29, 0.717) is 29.9 Å². The van der Waals surface area contributed by atoms with Crippen LogP contribution < -0.4 is 9.64 Å². The van der Waals surface area contributed by atoms with E-state index in [4.69, 9.17) is 4.74 Å². The van der Waals surface area contributed by atoms with E-state index in [1.165, 1.54) is 49.3 Å². The second kappa shape index (κ2) is 14.5. The zero-order valence-corrected chi connectivity index (χ0v) is 30.4. The summed E-state index contributed by atoms with van der Waals surface area (Å²) in [6.07, 6.45) is 4.21. The average Bonchev–Trinajstić information content (AvgIpc) is 3.17. The second-order valence-corrected chi connectivity index (χ2v) is 17.0. The van der Waals surface area contributed by atoms with Crippen LogP contribution in [0, 0.1) is 5.41 Å². The first-order valence-electron chi connectivity index (χ1n) is 18.2. The lowest BCUT2D eigenvalue weighted by Crippen LogP contribution is -2.66. The molecule has 260 valence electrons. The van der Waals surface area contributed by atoms with Gasteiger partial charge in [-0.05, 0) is 59.9 Å².